The molecule has 3 rings (SSSR count). The van der Waals surface area contributed by atoms with E-state index in [2.05, 4.69) is 0 Å². The molecule has 2 amide bonds. The molecule has 2 saturated heterocycles. The van der Waals surface area contributed by atoms with Gasteiger partial charge in [-0.1, -0.05) is 12.1 Å². The van der Waals surface area contributed by atoms with E-state index in [0.717, 1.165) is 51.9 Å². The summed E-state index contributed by atoms with van der Waals surface area (Å²) in [5, 5.41) is 0. The van der Waals surface area contributed by atoms with E-state index in [-0.39, 0.29) is 17.6 Å². The molecule has 0 spiro atoms. The lowest BCUT2D eigenvalue weighted by atomic mass is 9.92. The van der Waals surface area contributed by atoms with Crippen LogP contribution in [0, 0.1) is 11.7 Å². The number of carbonyl (C=O) groups excluding carboxylic acids is 2. The molecule has 6 heteroatoms. The van der Waals surface area contributed by atoms with Crippen LogP contribution in [0.4, 0.5) is 4.39 Å². The van der Waals surface area contributed by atoms with Gasteiger partial charge in [0.25, 0.3) is 0 Å². The van der Waals surface area contributed by atoms with Gasteiger partial charge in [0.2, 0.25) is 11.8 Å². The van der Waals surface area contributed by atoms with Crippen molar-refractivity contribution in [3.8, 4) is 0 Å². The van der Waals surface area contributed by atoms with E-state index in [9.17, 15) is 14.0 Å². The van der Waals surface area contributed by atoms with E-state index in [1.165, 1.54) is 12.1 Å². The molecule has 0 unspecified atom stereocenters. The molecule has 2 aliphatic heterocycles. The highest BCUT2D eigenvalue weighted by atomic mass is 19.1. The van der Waals surface area contributed by atoms with Crippen LogP contribution >= 0.6 is 0 Å². The zero-order valence-electron chi connectivity index (χ0n) is 16.4. The van der Waals surface area contributed by atoms with Crippen molar-refractivity contribution >= 4 is 11.8 Å². The second kappa shape index (κ2) is 8.83. The number of piperidine rings is 1. The SMILES string of the molecule is CN(C)[C@H](C(=O)N1CCC(CCN2CCCC2=O)CC1)c1cccc(F)c1. The third-order valence-electron chi connectivity index (χ3n) is 5.82. The summed E-state index contributed by atoms with van der Waals surface area (Å²) < 4.78 is 13.6. The maximum absolute atomic E-state index is 13.6. The molecule has 0 aliphatic carbocycles. The number of benzene rings is 1. The number of halogens is 1. The number of amides is 2. The third kappa shape index (κ3) is 4.86. The number of nitrogens with zero attached hydrogens (tertiary/aromatic N) is 3. The molecule has 2 fully saturated rings. The van der Waals surface area contributed by atoms with Crippen molar-refractivity contribution < 1.29 is 14.0 Å². The maximum Gasteiger partial charge on any atom is 0.244 e. The molecule has 0 radical (unpaired) electrons. The number of likely N-dealkylation sites (N-methyl/N-ethyl adjacent to an activating group) is 1. The number of hydrogen-bond acceptors (Lipinski definition) is 3. The molecule has 0 saturated carbocycles. The van der Waals surface area contributed by atoms with Crippen molar-refractivity contribution in [1.29, 1.82) is 0 Å². The normalized spacial score (nSPS) is 19.8. The molecule has 5 nitrogen and oxygen atoms in total. The Kier molecular flexibility index (Phi) is 6.47. The molecule has 1 atom stereocenters. The smallest absolute Gasteiger partial charge is 0.244 e. The fourth-order valence-corrected chi connectivity index (χ4v) is 4.23. The van der Waals surface area contributed by atoms with Gasteiger partial charge < -0.3 is 9.80 Å². The van der Waals surface area contributed by atoms with Crippen LogP contribution in [0.25, 0.3) is 0 Å². The Balaban J connectivity index is 1.54. The third-order valence-corrected chi connectivity index (χ3v) is 5.82. The summed E-state index contributed by atoms with van der Waals surface area (Å²) in [5.74, 6) is 0.571. The first-order chi connectivity index (χ1) is 13.0. The van der Waals surface area contributed by atoms with Crippen molar-refractivity contribution in [3.63, 3.8) is 0 Å². The minimum Gasteiger partial charge on any atom is -0.343 e. The Morgan fingerprint density at radius 1 is 1.26 bits per heavy atom. The Morgan fingerprint density at radius 3 is 2.59 bits per heavy atom. The molecular formula is C21H30FN3O2. The van der Waals surface area contributed by atoms with E-state index in [1.807, 2.05) is 34.9 Å². The predicted octanol–water partition coefficient (Wildman–Crippen LogP) is 2.68. The van der Waals surface area contributed by atoms with Crippen LogP contribution < -0.4 is 0 Å². The minimum absolute atomic E-state index is 0.0405. The summed E-state index contributed by atoms with van der Waals surface area (Å²) in [6, 6.07) is 5.85. The number of rotatable bonds is 6. The van der Waals surface area contributed by atoms with E-state index in [4.69, 9.17) is 0 Å². The average molecular weight is 375 g/mol. The summed E-state index contributed by atoms with van der Waals surface area (Å²) >= 11 is 0. The van der Waals surface area contributed by atoms with Gasteiger partial charge in [-0.3, -0.25) is 14.5 Å². The van der Waals surface area contributed by atoms with Crippen LogP contribution in [-0.2, 0) is 9.59 Å². The largest absolute Gasteiger partial charge is 0.343 e. The molecule has 1 aromatic carbocycles. The standard InChI is InChI=1S/C21H30FN3O2/c1-23(2)20(17-5-3-6-18(22)15-17)21(27)25-13-9-16(10-14-25)8-12-24-11-4-7-19(24)26/h3,5-6,15-16,20H,4,7-14H2,1-2H3/t20-/m0/s1. The van der Waals surface area contributed by atoms with Gasteiger partial charge in [-0.2, -0.15) is 0 Å². The first-order valence-electron chi connectivity index (χ1n) is 9.94. The molecule has 27 heavy (non-hydrogen) atoms. The molecular weight excluding hydrogens is 345 g/mol. The highest BCUT2D eigenvalue weighted by molar-refractivity contribution is 5.83. The van der Waals surface area contributed by atoms with Gasteiger partial charge in [-0.15, -0.1) is 0 Å². The Hall–Kier alpha value is -1.95. The predicted molar refractivity (Wildman–Crippen MR) is 103 cm³/mol. The van der Waals surface area contributed by atoms with E-state index >= 15 is 0 Å². The highest BCUT2D eigenvalue weighted by Crippen LogP contribution is 2.27. The number of likely N-dealkylation sites (tertiary alicyclic amines) is 2. The van der Waals surface area contributed by atoms with Crippen LogP contribution in [0.5, 0.6) is 0 Å². The maximum atomic E-state index is 13.6. The van der Waals surface area contributed by atoms with Crippen molar-refractivity contribution in [2.45, 2.75) is 38.1 Å². The summed E-state index contributed by atoms with van der Waals surface area (Å²) in [5.41, 5.74) is 0.694. The van der Waals surface area contributed by atoms with Crippen molar-refractivity contribution in [2.75, 3.05) is 40.3 Å². The van der Waals surface area contributed by atoms with Gasteiger partial charge in [-0.05, 0) is 63.4 Å². The lowest BCUT2D eigenvalue weighted by Crippen LogP contribution is -2.44. The van der Waals surface area contributed by atoms with Gasteiger partial charge in [0.1, 0.15) is 11.9 Å². The Labute approximate surface area is 161 Å². The molecule has 0 bridgehead atoms. The molecule has 0 aromatic heterocycles. The summed E-state index contributed by atoms with van der Waals surface area (Å²) in [7, 11) is 3.71. The van der Waals surface area contributed by atoms with Crippen LogP contribution in [0.2, 0.25) is 0 Å². The van der Waals surface area contributed by atoms with Gasteiger partial charge in [-0.25, -0.2) is 4.39 Å². The van der Waals surface area contributed by atoms with E-state index in [1.54, 1.807) is 6.07 Å². The zero-order valence-corrected chi connectivity index (χ0v) is 16.4. The van der Waals surface area contributed by atoms with E-state index in [0.29, 0.717) is 17.9 Å². The van der Waals surface area contributed by atoms with Gasteiger partial charge in [0.15, 0.2) is 0 Å². The molecule has 0 N–H and O–H groups in total. The van der Waals surface area contributed by atoms with Crippen LogP contribution in [-0.4, -0.2) is 66.8 Å². The first kappa shape index (κ1) is 19.8. The lowest BCUT2D eigenvalue weighted by molar-refractivity contribution is -0.137. The average Bonchev–Trinajstić information content (AvgIpc) is 3.05. The fourth-order valence-electron chi connectivity index (χ4n) is 4.23. The van der Waals surface area contributed by atoms with Crippen molar-refractivity contribution in [2.24, 2.45) is 5.92 Å². The first-order valence-corrected chi connectivity index (χ1v) is 9.94. The number of hydrogen-bond donors (Lipinski definition) is 0. The Morgan fingerprint density at radius 2 is 2.00 bits per heavy atom. The van der Waals surface area contributed by atoms with Gasteiger partial charge in [0, 0.05) is 32.6 Å². The quantitative estimate of drug-likeness (QED) is 0.768. The lowest BCUT2D eigenvalue weighted by Gasteiger charge is -2.36. The number of carbonyl (C=O) groups is 2. The van der Waals surface area contributed by atoms with Crippen molar-refractivity contribution in [1.82, 2.24) is 14.7 Å². The second-order valence-electron chi connectivity index (χ2n) is 7.96. The van der Waals surface area contributed by atoms with Crippen LogP contribution in [0.15, 0.2) is 24.3 Å². The topological polar surface area (TPSA) is 43.9 Å². The van der Waals surface area contributed by atoms with Crippen LogP contribution in [0.3, 0.4) is 0 Å². The monoisotopic (exact) mass is 375 g/mol. The summed E-state index contributed by atoms with van der Waals surface area (Å²) in [6.07, 6.45) is 4.64. The molecule has 1 aromatic rings. The summed E-state index contributed by atoms with van der Waals surface area (Å²) in [6.45, 7) is 3.21. The summed E-state index contributed by atoms with van der Waals surface area (Å²) in [4.78, 5) is 30.5. The minimum atomic E-state index is -0.459. The van der Waals surface area contributed by atoms with Crippen molar-refractivity contribution in [3.05, 3.63) is 35.6 Å². The Bertz CT molecular complexity index is 671. The molecule has 148 valence electrons. The second-order valence-corrected chi connectivity index (χ2v) is 7.96. The fraction of sp³-hybridized carbons (Fsp3) is 0.619. The molecule has 2 aliphatic rings. The van der Waals surface area contributed by atoms with Gasteiger partial charge in [0.05, 0.1) is 0 Å². The highest BCUT2D eigenvalue weighted by Gasteiger charge is 2.31. The zero-order chi connectivity index (χ0) is 19.4. The van der Waals surface area contributed by atoms with Crippen LogP contribution in [0.1, 0.15) is 43.7 Å². The van der Waals surface area contributed by atoms with E-state index < -0.39 is 6.04 Å². The van der Waals surface area contributed by atoms with Gasteiger partial charge >= 0.3 is 0 Å². The molecule has 2 heterocycles.